The fraction of sp³-hybridized carbons (Fsp3) is 0.0833. The zero-order valence-corrected chi connectivity index (χ0v) is 10.3. The largest absolute Gasteiger partial charge is 0.477 e. The molecule has 3 heterocycles. The quantitative estimate of drug-likeness (QED) is 0.767. The van der Waals surface area contributed by atoms with E-state index in [-0.39, 0.29) is 0 Å². The molecule has 0 aliphatic heterocycles. The number of hydrogen-bond donors (Lipinski definition) is 1. The van der Waals surface area contributed by atoms with Crippen molar-refractivity contribution in [1.29, 1.82) is 0 Å². The molecule has 0 unspecified atom stereocenters. The minimum Gasteiger partial charge on any atom is -0.477 e. The van der Waals surface area contributed by atoms with Crippen molar-refractivity contribution in [3.8, 4) is 11.3 Å². The van der Waals surface area contributed by atoms with Gasteiger partial charge in [0.25, 0.3) is 0 Å². The zero-order valence-electron chi connectivity index (χ0n) is 9.49. The molecule has 0 aliphatic rings. The van der Waals surface area contributed by atoms with E-state index in [1.165, 1.54) is 11.3 Å². The van der Waals surface area contributed by atoms with E-state index in [9.17, 15) is 4.79 Å². The van der Waals surface area contributed by atoms with Gasteiger partial charge in [-0.15, -0.1) is 0 Å². The lowest BCUT2D eigenvalue weighted by Gasteiger charge is -1.94. The number of pyridine rings is 1. The predicted molar refractivity (Wildman–Crippen MR) is 68.0 cm³/mol. The fourth-order valence-electron chi connectivity index (χ4n) is 1.81. The highest BCUT2D eigenvalue weighted by atomic mass is 32.1. The first-order valence-electron chi connectivity index (χ1n) is 5.29. The van der Waals surface area contributed by atoms with Crippen molar-refractivity contribution < 1.29 is 9.90 Å². The third-order valence-electron chi connectivity index (χ3n) is 2.73. The Bertz CT molecular complexity index is 730. The molecular formula is C12H9N3O2S. The number of carboxylic acid groups (broad SMARTS) is 1. The molecular weight excluding hydrogens is 250 g/mol. The molecule has 5 nitrogen and oxygen atoms in total. The van der Waals surface area contributed by atoms with Crippen LogP contribution in [0.25, 0.3) is 16.2 Å². The number of carboxylic acids is 1. The van der Waals surface area contributed by atoms with Crippen LogP contribution >= 0.6 is 11.3 Å². The van der Waals surface area contributed by atoms with Crippen molar-refractivity contribution in [1.82, 2.24) is 14.4 Å². The second-order valence-corrected chi connectivity index (χ2v) is 4.81. The summed E-state index contributed by atoms with van der Waals surface area (Å²) in [6, 6.07) is 3.75. The number of nitrogens with zero attached hydrogens (tertiary/aromatic N) is 3. The summed E-state index contributed by atoms with van der Waals surface area (Å²) in [7, 11) is 0. The van der Waals surface area contributed by atoms with Crippen molar-refractivity contribution in [2.24, 2.45) is 0 Å². The van der Waals surface area contributed by atoms with Crippen LogP contribution in [0.5, 0.6) is 0 Å². The molecule has 0 amide bonds. The van der Waals surface area contributed by atoms with Crippen LogP contribution < -0.4 is 0 Å². The van der Waals surface area contributed by atoms with Crippen LogP contribution in [0, 0.1) is 6.92 Å². The number of thiazole rings is 1. The number of aromatic nitrogens is 3. The van der Waals surface area contributed by atoms with Gasteiger partial charge in [0, 0.05) is 29.8 Å². The monoisotopic (exact) mass is 259 g/mol. The summed E-state index contributed by atoms with van der Waals surface area (Å²) in [5.41, 5.74) is 2.50. The maximum atomic E-state index is 11.0. The third-order valence-corrected chi connectivity index (χ3v) is 3.87. The molecule has 3 aromatic rings. The van der Waals surface area contributed by atoms with Gasteiger partial charge in [0.15, 0.2) is 4.96 Å². The van der Waals surface area contributed by atoms with Crippen molar-refractivity contribution in [2.45, 2.75) is 6.92 Å². The highest BCUT2D eigenvalue weighted by Crippen LogP contribution is 2.26. The van der Waals surface area contributed by atoms with Crippen molar-refractivity contribution in [2.75, 3.05) is 0 Å². The van der Waals surface area contributed by atoms with E-state index in [1.807, 2.05) is 22.7 Å². The molecule has 90 valence electrons. The number of aromatic carboxylic acids is 1. The van der Waals surface area contributed by atoms with Gasteiger partial charge in [-0.25, -0.2) is 9.78 Å². The summed E-state index contributed by atoms with van der Waals surface area (Å²) in [5, 5.41) is 9.03. The Balaban J connectivity index is 2.17. The van der Waals surface area contributed by atoms with Crippen LogP contribution in [0.15, 0.2) is 30.7 Å². The molecule has 18 heavy (non-hydrogen) atoms. The zero-order chi connectivity index (χ0) is 12.7. The average Bonchev–Trinajstić information content (AvgIpc) is 2.91. The maximum absolute atomic E-state index is 11.0. The van der Waals surface area contributed by atoms with E-state index in [0.29, 0.717) is 15.5 Å². The van der Waals surface area contributed by atoms with Crippen LogP contribution in [0.4, 0.5) is 0 Å². The number of fused-ring (bicyclic) bond motifs is 1. The van der Waals surface area contributed by atoms with Gasteiger partial charge >= 0.3 is 5.97 Å². The molecule has 1 N–H and O–H groups in total. The Kier molecular flexibility index (Phi) is 2.38. The lowest BCUT2D eigenvalue weighted by molar-refractivity contribution is 0.0701. The molecule has 0 radical (unpaired) electrons. The van der Waals surface area contributed by atoms with Crippen LogP contribution in [-0.2, 0) is 0 Å². The van der Waals surface area contributed by atoms with Gasteiger partial charge in [-0.05, 0) is 19.1 Å². The third kappa shape index (κ3) is 1.58. The van der Waals surface area contributed by atoms with E-state index >= 15 is 0 Å². The number of rotatable bonds is 2. The first kappa shape index (κ1) is 10.9. The number of imidazole rings is 1. The Morgan fingerprint density at radius 2 is 2.11 bits per heavy atom. The van der Waals surface area contributed by atoms with Crippen molar-refractivity contribution in [3.05, 3.63) is 41.3 Å². The van der Waals surface area contributed by atoms with E-state index in [2.05, 4.69) is 9.97 Å². The Morgan fingerprint density at radius 1 is 1.39 bits per heavy atom. The molecule has 0 atom stereocenters. The molecule has 0 aliphatic carbocycles. The second-order valence-electron chi connectivity index (χ2n) is 3.84. The minimum absolute atomic E-state index is 0.332. The summed E-state index contributed by atoms with van der Waals surface area (Å²) in [6.45, 7) is 1.78. The summed E-state index contributed by atoms with van der Waals surface area (Å²) < 4.78 is 1.81. The van der Waals surface area contributed by atoms with E-state index in [4.69, 9.17) is 5.11 Å². The maximum Gasteiger partial charge on any atom is 0.347 e. The minimum atomic E-state index is -0.909. The number of hydrogen-bond acceptors (Lipinski definition) is 4. The lowest BCUT2D eigenvalue weighted by atomic mass is 10.2. The molecule has 0 fully saturated rings. The van der Waals surface area contributed by atoms with Crippen LogP contribution in [0.3, 0.4) is 0 Å². The SMILES string of the molecule is Cc1c(C(=O)O)sc2nc(-c3ccncc3)cn12. The summed E-state index contributed by atoms with van der Waals surface area (Å²) >= 11 is 1.18. The molecule has 6 heteroatoms. The van der Waals surface area contributed by atoms with Gasteiger partial charge < -0.3 is 5.11 Å². The number of carbonyl (C=O) groups is 1. The van der Waals surface area contributed by atoms with Gasteiger partial charge in [-0.3, -0.25) is 9.38 Å². The predicted octanol–water partition coefficient (Wildman–Crippen LogP) is 2.46. The Morgan fingerprint density at radius 3 is 2.72 bits per heavy atom. The molecule has 0 saturated heterocycles. The normalized spacial score (nSPS) is 10.9. The van der Waals surface area contributed by atoms with E-state index < -0.39 is 5.97 Å². The van der Waals surface area contributed by atoms with Gasteiger partial charge in [-0.1, -0.05) is 11.3 Å². The molecule has 0 spiro atoms. The van der Waals surface area contributed by atoms with Gasteiger partial charge in [0.05, 0.1) is 5.69 Å². The van der Waals surface area contributed by atoms with Crippen molar-refractivity contribution >= 4 is 22.3 Å². The van der Waals surface area contributed by atoms with Gasteiger partial charge in [0.1, 0.15) is 4.88 Å². The Labute approximate surface area is 106 Å². The first-order valence-corrected chi connectivity index (χ1v) is 6.10. The first-order chi connectivity index (χ1) is 8.66. The van der Waals surface area contributed by atoms with Crippen LogP contribution in [0.2, 0.25) is 0 Å². The van der Waals surface area contributed by atoms with Crippen molar-refractivity contribution in [3.63, 3.8) is 0 Å². The summed E-state index contributed by atoms with van der Waals surface area (Å²) in [6.07, 6.45) is 5.26. The smallest absolute Gasteiger partial charge is 0.347 e. The standard InChI is InChI=1S/C12H9N3O2S/c1-7-10(11(16)17)18-12-14-9(6-15(7)12)8-2-4-13-5-3-8/h2-6H,1H3,(H,16,17). The second kappa shape index (κ2) is 3.92. The number of aryl methyl sites for hydroxylation is 1. The van der Waals surface area contributed by atoms with E-state index in [1.54, 1.807) is 19.3 Å². The highest BCUT2D eigenvalue weighted by molar-refractivity contribution is 7.19. The lowest BCUT2D eigenvalue weighted by Crippen LogP contribution is -1.96. The van der Waals surface area contributed by atoms with Gasteiger partial charge in [0.2, 0.25) is 0 Å². The molecule has 0 bridgehead atoms. The highest BCUT2D eigenvalue weighted by Gasteiger charge is 2.16. The topological polar surface area (TPSA) is 67.5 Å². The summed E-state index contributed by atoms with van der Waals surface area (Å²) in [5.74, 6) is -0.909. The van der Waals surface area contributed by atoms with Crippen LogP contribution in [0.1, 0.15) is 15.4 Å². The Hall–Kier alpha value is -2.21. The average molecular weight is 259 g/mol. The molecule has 0 aromatic carbocycles. The molecule has 0 saturated carbocycles. The molecule has 3 rings (SSSR count). The molecule has 3 aromatic heterocycles. The van der Waals surface area contributed by atoms with Crippen LogP contribution in [-0.4, -0.2) is 25.4 Å². The summed E-state index contributed by atoms with van der Waals surface area (Å²) in [4.78, 5) is 20.4. The van der Waals surface area contributed by atoms with Gasteiger partial charge in [-0.2, -0.15) is 0 Å². The van der Waals surface area contributed by atoms with E-state index in [0.717, 1.165) is 11.3 Å². The fourth-order valence-corrected chi connectivity index (χ4v) is 2.76.